The third-order valence-corrected chi connectivity index (χ3v) is 4.93. The Morgan fingerprint density at radius 1 is 1.11 bits per heavy atom. The van der Waals surface area contributed by atoms with E-state index in [1.54, 1.807) is 24.4 Å². The molecule has 1 aromatic heterocycles. The van der Waals surface area contributed by atoms with Gasteiger partial charge in [0.2, 0.25) is 0 Å². The van der Waals surface area contributed by atoms with Gasteiger partial charge in [-0.1, -0.05) is 23.9 Å². The molecule has 0 spiro atoms. The van der Waals surface area contributed by atoms with Gasteiger partial charge in [0.1, 0.15) is 0 Å². The van der Waals surface area contributed by atoms with Crippen molar-refractivity contribution in [2.45, 2.75) is 19.0 Å². The zero-order valence-electron chi connectivity index (χ0n) is 16.0. The van der Waals surface area contributed by atoms with Crippen LogP contribution >= 0.6 is 11.8 Å². The molecule has 0 aliphatic rings. The minimum absolute atomic E-state index is 0.162. The topological polar surface area (TPSA) is 76.0 Å². The lowest BCUT2D eigenvalue weighted by atomic mass is 10.1. The molecule has 0 fully saturated rings. The summed E-state index contributed by atoms with van der Waals surface area (Å²) >= 11 is 1.54. The van der Waals surface area contributed by atoms with E-state index in [0.29, 0.717) is 23.4 Å². The van der Waals surface area contributed by atoms with Gasteiger partial charge in [-0.25, -0.2) is 4.98 Å². The SMILES string of the molecule is CCNC(=O)c1ccc(C)c(NC(=O)c2cccc(-n3ccnc3SC)c2)c1. The van der Waals surface area contributed by atoms with E-state index in [1.165, 1.54) is 11.8 Å². The van der Waals surface area contributed by atoms with Crippen molar-refractivity contribution in [3.8, 4) is 5.69 Å². The molecular formula is C21H22N4O2S. The van der Waals surface area contributed by atoms with Gasteiger partial charge in [0, 0.05) is 41.4 Å². The maximum absolute atomic E-state index is 12.8. The van der Waals surface area contributed by atoms with Crippen LogP contribution in [0.25, 0.3) is 5.69 Å². The summed E-state index contributed by atoms with van der Waals surface area (Å²) < 4.78 is 1.93. The smallest absolute Gasteiger partial charge is 0.255 e. The third kappa shape index (κ3) is 4.26. The van der Waals surface area contributed by atoms with Crippen LogP contribution in [0.15, 0.2) is 60.0 Å². The van der Waals surface area contributed by atoms with Crippen molar-refractivity contribution in [2.24, 2.45) is 0 Å². The van der Waals surface area contributed by atoms with Gasteiger partial charge in [-0.15, -0.1) is 0 Å². The summed E-state index contributed by atoms with van der Waals surface area (Å²) in [6.07, 6.45) is 5.55. The highest BCUT2D eigenvalue weighted by Gasteiger charge is 2.12. The summed E-state index contributed by atoms with van der Waals surface area (Å²) in [6.45, 7) is 4.31. The number of nitrogens with one attached hydrogen (secondary N) is 2. The standard InChI is InChI=1S/C21H22N4O2S/c1-4-22-19(26)16-9-8-14(2)18(13-16)24-20(27)15-6-5-7-17(12-15)25-11-10-23-21(25)28-3/h5-13H,4H2,1-3H3,(H,22,26)(H,24,27). The van der Waals surface area contributed by atoms with Crippen LogP contribution in [0.5, 0.6) is 0 Å². The van der Waals surface area contributed by atoms with E-state index >= 15 is 0 Å². The van der Waals surface area contributed by atoms with Crippen molar-refractivity contribution in [3.63, 3.8) is 0 Å². The van der Waals surface area contributed by atoms with Crippen LogP contribution in [0.2, 0.25) is 0 Å². The van der Waals surface area contributed by atoms with Crippen molar-refractivity contribution >= 4 is 29.3 Å². The molecule has 7 heteroatoms. The van der Waals surface area contributed by atoms with Crippen LogP contribution in [0.1, 0.15) is 33.2 Å². The summed E-state index contributed by atoms with van der Waals surface area (Å²) in [7, 11) is 0. The summed E-state index contributed by atoms with van der Waals surface area (Å²) in [6, 6.07) is 12.6. The highest BCUT2D eigenvalue weighted by atomic mass is 32.2. The largest absolute Gasteiger partial charge is 0.352 e. The predicted molar refractivity (Wildman–Crippen MR) is 112 cm³/mol. The Hall–Kier alpha value is -3.06. The Morgan fingerprint density at radius 3 is 2.64 bits per heavy atom. The molecule has 28 heavy (non-hydrogen) atoms. The van der Waals surface area contributed by atoms with Gasteiger partial charge in [-0.3, -0.25) is 14.2 Å². The van der Waals surface area contributed by atoms with Crippen LogP contribution in [0.3, 0.4) is 0 Å². The fraction of sp³-hybridized carbons (Fsp3) is 0.190. The second-order valence-corrected chi connectivity index (χ2v) is 6.95. The Balaban J connectivity index is 1.85. The molecule has 0 saturated heterocycles. The Bertz CT molecular complexity index is 1010. The van der Waals surface area contributed by atoms with Crippen molar-refractivity contribution in [1.82, 2.24) is 14.9 Å². The monoisotopic (exact) mass is 394 g/mol. The van der Waals surface area contributed by atoms with E-state index in [9.17, 15) is 9.59 Å². The Labute approximate surface area is 168 Å². The van der Waals surface area contributed by atoms with Gasteiger partial charge < -0.3 is 10.6 Å². The maximum atomic E-state index is 12.8. The van der Waals surface area contributed by atoms with E-state index in [1.807, 2.05) is 55.1 Å². The zero-order chi connectivity index (χ0) is 20.1. The van der Waals surface area contributed by atoms with Gasteiger partial charge in [0.05, 0.1) is 0 Å². The Kier molecular flexibility index (Phi) is 6.16. The molecule has 0 radical (unpaired) electrons. The number of carbonyl (C=O) groups is 2. The number of amides is 2. The molecule has 0 saturated carbocycles. The van der Waals surface area contributed by atoms with Gasteiger partial charge >= 0.3 is 0 Å². The lowest BCUT2D eigenvalue weighted by Crippen LogP contribution is -2.23. The number of thioether (sulfide) groups is 1. The first-order valence-corrected chi connectivity index (χ1v) is 10.1. The minimum atomic E-state index is -0.233. The highest BCUT2D eigenvalue weighted by molar-refractivity contribution is 7.98. The van der Waals surface area contributed by atoms with Crippen LogP contribution < -0.4 is 10.6 Å². The molecule has 2 aromatic carbocycles. The number of imidazole rings is 1. The number of nitrogens with zero attached hydrogens (tertiary/aromatic N) is 2. The summed E-state index contributed by atoms with van der Waals surface area (Å²) in [5, 5.41) is 6.53. The second-order valence-electron chi connectivity index (χ2n) is 6.18. The average Bonchev–Trinajstić information content (AvgIpc) is 3.18. The fourth-order valence-electron chi connectivity index (χ4n) is 2.79. The molecule has 6 nitrogen and oxygen atoms in total. The number of aryl methyl sites for hydroxylation is 1. The highest BCUT2D eigenvalue weighted by Crippen LogP contribution is 2.21. The van der Waals surface area contributed by atoms with Crippen LogP contribution in [-0.2, 0) is 0 Å². The van der Waals surface area contributed by atoms with Crippen LogP contribution in [0.4, 0.5) is 5.69 Å². The quantitative estimate of drug-likeness (QED) is 0.622. The molecule has 0 aliphatic carbocycles. The number of rotatable bonds is 6. The minimum Gasteiger partial charge on any atom is -0.352 e. The number of benzene rings is 2. The van der Waals surface area contributed by atoms with Gasteiger partial charge in [0.25, 0.3) is 11.8 Å². The zero-order valence-corrected chi connectivity index (χ0v) is 16.8. The average molecular weight is 395 g/mol. The molecule has 2 N–H and O–H groups in total. The van der Waals surface area contributed by atoms with E-state index in [0.717, 1.165) is 16.4 Å². The van der Waals surface area contributed by atoms with Crippen molar-refractivity contribution in [2.75, 3.05) is 18.1 Å². The van der Waals surface area contributed by atoms with Crippen molar-refractivity contribution < 1.29 is 9.59 Å². The van der Waals surface area contributed by atoms with Gasteiger partial charge in [0.15, 0.2) is 5.16 Å². The number of carbonyl (C=O) groups excluding carboxylic acids is 2. The maximum Gasteiger partial charge on any atom is 0.255 e. The molecule has 2 amide bonds. The van der Waals surface area contributed by atoms with Crippen molar-refractivity contribution in [3.05, 3.63) is 71.5 Å². The molecule has 0 aliphatic heterocycles. The molecule has 0 atom stereocenters. The first kappa shape index (κ1) is 19.7. The van der Waals surface area contributed by atoms with E-state index in [-0.39, 0.29) is 11.8 Å². The summed E-state index contributed by atoms with van der Waals surface area (Å²) in [4.78, 5) is 29.2. The molecule has 1 heterocycles. The molecule has 3 aromatic rings. The first-order chi connectivity index (χ1) is 13.5. The molecular weight excluding hydrogens is 372 g/mol. The number of hydrogen-bond donors (Lipinski definition) is 2. The van der Waals surface area contributed by atoms with Gasteiger partial charge in [-0.05, 0) is 56.0 Å². The predicted octanol–water partition coefficient (Wildman–Crippen LogP) is 3.90. The molecule has 3 rings (SSSR count). The third-order valence-electron chi connectivity index (χ3n) is 4.26. The fourth-order valence-corrected chi connectivity index (χ4v) is 3.32. The molecule has 0 unspecified atom stereocenters. The first-order valence-electron chi connectivity index (χ1n) is 8.91. The van der Waals surface area contributed by atoms with Crippen LogP contribution in [0, 0.1) is 6.92 Å². The summed E-state index contributed by atoms with van der Waals surface area (Å²) in [5.74, 6) is -0.395. The number of aromatic nitrogens is 2. The number of hydrogen-bond acceptors (Lipinski definition) is 4. The Morgan fingerprint density at radius 2 is 1.89 bits per heavy atom. The van der Waals surface area contributed by atoms with Gasteiger partial charge in [-0.2, -0.15) is 0 Å². The van der Waals surface area contributed by atoms with Crippen LogP contribution in [-0.4, -0.2) is 34.2 Å². The lowest BCUT2D eigenvalue weighted by molar-refractivity contribution is 0.0954. The van der Waals surface area contributed by atoms with E-state index < -0.39 is 0 Å². The molecule has 0 bridgehead atoms. The normalized spacial score (nSPS) is 10.5. The summed E-state index contributed by atoms with van der Waals surface area (Å²) in [5.41, 5.74) is 3.41. The van der Waals surface area contributed by atoms with E-state index in [4.69, 9.17) is 0 Å². The number of anilines is 1. The van der Waals surface area contributed by atoms with E-state index in [2.05, 4.69) is 15.6 Å². The lowest BCUT2D eigenvalue weighted by Gasteiger charge is -2.12. The van der Waals surface area contributed by atoms with Crippen molar-refractivity contribution in [1.29, 1.82) is 0 Å². The molecule has 144 valence electrons. The second kappa shape index (κ2) is 8.75.